The van der Waals surface area contributed by atoms with Gasteiger partial charge in [0.1, 0.15) is 46.5 Å². The molecule has 0 saturated heterocycles. The van der Waals surface area contributed by atoms with E-state index in [1.54, 1.807) is 135 Å². The van der Waals surface area contributed by atoms with Gasteiger partial charge in [-0.2, -0.15) is 10.5 Å². The summed E-state index contributed by atoms with van der Waals surface area (Å²) in [5.41, 5.74) is 17.6. The molecule has 636 valence electrons. The molecule has 0 aliphatic carbocycles. The van der Waals surface area contributed by atoms with Crippen molar-refractivity contribution in [2.45, 2.75) is 55.4 Å². The number of hydrogen-bond donors (Lipinski definition) is 0. The zero-order chi connectivity index (χ0) is 91.9. The molecule has 0 unspecified atom stereocenters. The van der Waals surface area contributed by atoms with Crippen LogP contribution in [-0.2, 0) is 0 Å². The zero-order valence-corrected chi connectivity index (χ0v) is 72.6. The molecule has 20 aromatic carbocycles. The topological polar surface area (TPSA) is 69.3 Å². The van der Waals surface area contributed by atoms with Crippen molar-refractivity contribution in [3.63, 3.8) is 0 Å². The van der Waals surface area contributed by atoms with Gasteiger partial charge in [0.25, 0.3) is 0 Å². The lowest BCUT2D eigenvalue weighted by Gasteiger charge is -2.30. The minimum atomic E-state index is -0.778. The summed E-state index contributed by atoms with van der Waals surface area (Å²) in [6.45, 7) is 30.7. The molecule has 20 rings (SSSR count). The molecule has 132 heavy (non-hydrogen) atoms. The van der Waals surface area contributed by atoms with Crippen LogP contribution in [0.5, 0.6) is 0 Å². The molecule has 0 fully saturated rings. The van der Waals surface area contributed by atoms with Gasteiger partial charge in [-0.1, -0.05) is 181 Å². The Labute approximate surface area is 757 Å². The van der Waals surface area contributed by atoms with Crippen LogP contribution < -0.4 is 19.6 Å². The summed E-state index contributed by atoms with van der Waals surface area (Å²) in [4.78, 5) is 14.2. The first-order valence-electron chi connectivity index (χ1n) is 42.7. The fraction of sp³-hybridized carbons (Fsp3) is 0.0690. The first-order chi connectivity index (χ1) is 63.9. The predicted octanol–water partition coefficient (Wildman–Crippen LogP) is 34.1. The Morgan fingerprint density at radius 1 is 0.235 bits per heavy atom. The molecular formula is C116H76F8N8. The van der Waals surface area contributed by atoms with E-state index in [-0.39, 0.29) is 45.0 Å². The highest BCUT2D eigenvalue weighted by Crippen LogP contribution is 2.54. The third-order valence-corrected chi connectivity index (χ3v) is 25.4. The van der Waals surface area contributed by atoms with Gasteiger partial charge in [-0.15, -0.1) is 0 Å². The van der Waals surface area contributed by atoms with E-state index < -0.39 is 46.5 Å². The van der Waals surface area contributed by atoms with Crippen LogP contribution in [0.25, 0.3) is 119 Å². The monoisotopic (exact) mass is 1730 g/mol. The molecule has 20 aromatic rings. The Balaban J connectivity index is 0.000000170. The molecule has 0 bridgehead atoms. The zero-order valence-electron chi connectivity index (χ0n) is 72.6. The van der Waals surface area contributed by atoms with Crippen molar-refractivity contribution in [3.8, 4) is 56.6 Å². The highest BCUT2D eigenvalue weighted by molar-refractivity contribution is 6.30. The number of rotatable bonds is 16. The first kappa shape index (κ1) is 84.6. The van der Waals surface area contributed by atoms with Gasteiger partial charge in [-0.05, 0) is 275 Å². The van der Waals surface area contributed by atoms with Crippen LogP contribution in [0.15, 0.2) is 315 Å². The molecule has 0 spiro atoms. The highest BCUT2D eigenvalue weighted by atomic mass is 19.2. The van der Waals surface area contributed by atoms with Gasteiger partial charge in [-0.25, -0.2) is 44.8 Å². The van der Waals surface area contributed by atoms with Gasteiger partial charge in [0.15, 0.2) is 11.4 Å². The van der Waals surface area contributed by atoms with Crippen molar-refractivity contribution in [1.82, 2.24) is 0 Å². The van der Waals surface area contributed by atoms with Crippen LogP contribution in [-0.4, -0.2) is 0 Å². The van der Waals surface area contributed by atoms with Crippen molar-refractivity contribution in [1.29, 1.82) is 10.5 Å². The van der Waals surface area contributed by atoms with Gasteiger partial charge in [0, 0.05) is 90.8 Å². The summed E-state index contributed by atoms with van der Waals surface area (Å²) in [6.07, 6.45) is 0. The normalized spacial score (nSPS) is 11.3. The maximum atomic E-state index is 16.6. The van der Waals surface area contributed by atoms with E-state index in [0.29, 0.717) is 90.3 Å². The Kier molecular flexibility index (Phi) is 21.8. The van der Waals surface area contributed by atoms with Crippen molar-refractivity contribution >= 4 is 144 Å². The number of halogens is 8. The Morgan fingerprint density at radius 3 is 0.750 bits per heavy atom. The summed E-state index contributed by atoms with van der Waals surface area (Å²) >= 11 is 0. The largest absolute Gasteiger partial charge is 0.307 e. The molecule has 8 nitrogen and oxygen atoms in total. The van der Waals surface area contributed by atoms with E-state index in [1.165, 1.54) is 6.07 Å². The standard InChI is InChI=1S/2C58H38F4N4/c1-33-6-20-43(35(3)26-33)47-28-55(51(61)30-49(47)59)65(41-16-8-37(32-63)9-17-41)53-24-12-38-11-23-46-54(25-13-39-10-22-45(53)57(38)58(39)46)66(42-18-14-40(64-5)15-19-42)56-29-48(50(60)31-52(56)62)44-21-7-34(2)27-36(44)4;1-33-8-6-10-43(35(33)3)47-28-55(51(61)30-49(47)59)65(41-20-12-37(32-63)13-21-41)53-26-16-38-15-25-46-54(27-17-39-14-24-45(53)57(38)58(39)46)66(42-22-18-40(64-5)19-23-42)56-29-48(50(60)31-52(56)62)44-11-7-9-34(2)36(44)4/h2*6-31H,1-4H3. The van der Waals surface area contributed by atoms with Crippen molar-refractivity contribution in [3.05, 3.63) is 440 Å². The Bertz CT molecular complexity index is 7810. The number of benzene rings is 20. The maximum absolute atomic E-state index is 16.6. The second-order valence-electron chi connectivity index (χ2n) is 33.4. The molecular weight excluding hydrogens is 1660 g/mol. The van der Waals surface area contributed by atoms with E-state index in [1.807, 2.05) is 225 Å². The molecule has 0 atom stereocenters. The molecule has 0 aromatic heterocycles. The summed E-state index contributed by atoms with van der Waals surface area (Å²) in [5.74, 6) is -5.88. The van der Waals surface area contributed by atoms with Gasteiger partial charge >= 0.3 is 0 Å². The molecule has 0 heterocycles. The van der Waals surface area contributed by atoms with Crippen molar-refractivity contribution in [2.24, 2.45) is 0 Å². The van der Waals surface area contributed by atoms with Gasteiger partial charge in [0.05, 0.1) is 81.9 Å². The minimum Gasteiger partial charge on any atom is -0.307 e. The predicted molar refractivity (Wildman–Crippen MR) is 520 cm³/mol. The summed E-state index contributed by atoms with van der Waals surface area (Å²) < 4.78 is 130. The van der Waals surface area contributed by atoms with Crippen LogP contribution in [0.1, 0.15) is 55.6 Å². The molecule has 16 heteroatoms. The van der Waals surface area contributed by atoms with E-state index >= 15 is 35.1 Å². The Morgan fingerprint density at radius 2 is 0.492 bits per heavy atom. The Hall–Kier alpha value is -16.9. The van der Waals surface area contributed by atoms with Crippen molar-refractivity contribution in [2.75, 3.05) is 19.6 Å². The van der Waals surface area contributed by atoms with E-state index in [0.717, 1.165) is 133 Å². The summed E-state index contributed by atoms with van der Waals surface area (Å²) in [6, 6.07) is 95.6. The van der Waals surface area contributed by atoms with Gasteiger partial charge in [0.2, 0.25) is 0 Å². The summed E-state index contributed by atoms with van der Waals surface area (Å²) in [7, 11) is 0. The second-order valence-corrected chi connectivity index (χ2v) is 33.4. The third kappa shape index (κ3) is 14.9. The first-order valence-corrected chi connectivity index (χ1v) is 42.7. The third-order valence-electron chi connectivity index (χ3n) is 25.4. The number of aryl methyl sites for hydroxylation is 6. The average Bonchev–Trinajstić information content (AvgIpc) is 0.718. The smallest absolute Gasteiger partial charge is 0.187 e. The van der Waals surface area contributed by atoms with Crippen molar-refractivity contribution < 1.29 is 35.1 Å². The lowest BCUT2D eigenvalue weighted by atomic mass is 9.91. The second kappa shape index (κ2) is 34.0. The van der Waals surface area contributed by atoms with E-state index in [2.05, 4.69) is 21.8 Å². The fourth-order valence-corrected chi connectivity index (χ4v) is 18.7. The van der Waals surface area contributed by atoms with Crippen LogP contribution in [0.2, 0.25) is 0 Å². The van der Waals surface area contributed by atoms with Crippen LogP contribution >= 0.6 is 0 Å². The number of nitrogens with zero attached hydrogens (tertiary/aromatic N) is 8. The molecule has 0 N–H and O–H groups in total. The van der Waals surface area contributed by atoms with E-state index in [4.69, 9.17) is 13.1 Å². The fourth-order valence-electron chi connectivity index (χ4n) is 18.7. The number of hydrogen-bond acceptors (Lipinski definition) is 6. The molecule has 0 saturated carbocycles. The van der Waals surface area contributed by atoms with Crippen LogP contribution in [0, 0.1) is 138 Å². The lowest BCUT2D eigenvalue weighted by molar-refractivity contribution is 0.585. The van der Waals surface area contributed by atoms with Crippen LogP contribution in [0.4, 0.5) is 115 Å². The van der Waals surface area contributed by atoms with Gasteiger partial charge in [-0.3, -0.25) is 0 Å². The summed E-state index contributed by atoms with van der Waals surface area (Å²) in [5, 5.41) is 29.4. The average molecular weight is 1730 g/mol. The molecule has 0 radical (unpaired) electrons. The maximum Gasteiger partial charge on any atom is 0.187 e. The molecule has 0 aliphatic rings. The lowest BCUT2D eigenvalue weighted by Crippen LogP contribution is -2.14. The van der Waals surface area contributed by atoms with E-state index in [9.17, 15) is 10.5 Å². The minimum absolute atomic E-state index is 0.104. The quantitative estimate of drug-likeness (QED) is 0.0545. The molecule has 0 aliphatic heterocycles. The number of anilines is 12. The van der Waals surface area contributed by atoms with Crippen LogP contribution in [0.3, 0.4) is 0 Å². The van der Waals surface area contributed by atoms with Gasteiger partial charge < -0.3 is 19.6 Å². The molecule has 0 amide bonds. The number of nitriles is 2. The SMILES string of the molecule is [C-]#[N+]c1ccc(N(c2cc(-c3ccc(C)cc3C)c(F)cc2F)c2ccc3ccc4c(N(c5ccc(C#N)cc5)c5cc(-c6ccc(C)cc6C)c(F)cc5F)ccc5ccc2c3c54)cc1.[C-]#[N+]c1ccc(N(c2cc(-c3cccc(C)c3C)c(F)cc2F)c2ccc3ccc4c(N(c5ccc(C#N)cc5)c5cc(-c6cccc(C)c6C)c(F)cc5F)ccc5ccc2c3c54)cc1. The highest BCUT2D eigenvalue weighted by Gasteiger charge is 2.32.